The van der Waals surface area contributed by atoms with Crippen molar-refractivity contribution in [2.75, 3.05) is 26.3 Å². The second-order valence-corrected chi connectivity index (χ2v) is 5.62. The molecule has 2 heterocycles. The molecule has 0 aromatic heterocycles. The number of fused-ring (bicyclic) bond motifs is 1. The van der Waals surface area contributed by atoms with Crippen LogP contribution in [0.3, 0.4) is 0 Å². The topological polar surface area (TPSA) is 39.7 Å². The maximum absolute atomic E-state index is 13.4. The van der Waals surface area contributed by atoms with E-state index < -0.39 is 37.4 Å². The van der Waals surface area contributed by atoms with Crippen LogP contribution in [0.2, 0.25) is 0 Å². The fourth-order valence-corrected chi connectivity index (χ4v) is 2.80. The first-order valence-corrected chi connectivity index (χ1v) is 7.64. The van der Waals surface area contributed by atoms with Crippen molar-refractivity contribution in [2.45, 2.75) is 12.3 Å². The average molecular weight is 335 g/mol. The predicted octanol–water partition coefficient (Wildman–Crippen LogP) is 3.33. The van der Waals surface area contributed by atoms with Gasteiger partial charge in [0, 0.05) is 24.0 Å². The molecule has 1 unspecified atom stereocenters. The van der Waals surface area contributed by atoms with Crippen molar-refractivity contribution in [3.05, 3.63) is 53.8 Å². The smallest absolute Gasteiger partial charge is 0.231 e. The fraction of sp³-hybridized carbons (Fsp3) is 0.368. The van der Waals surface area contributed by atoms with Gasteiger partial charge in [0.1, 0.15) is 14.3 Å². The van der Waals surface area contributed by atoms with Crippen molar-refractivity contribution in [3.8, 4) is 17.2 Å². The third-order valence-corrected chi connectivity index (χ3v) is 4.10. The molecule has 2 aromatic rings. The van der Waals surface area contributed by atoms with Crippen LogP contribution >= 0.6 is 0 Å². The molecule has 2 aromatic carbocycles. The minimum Gasteiger partial charge on any atom is -0.493 e. The zero-order chi connectivity index (χ0) is 21.7. The van der Waals surface area contributed by atoms with Gasteiger partial charge < -0.3 is 19.5 Å². The number of rotatable bonds is 4. The summed E-state index contributed by atoms with van der Waals surface area (Å²) in [5.41, 5.74) is 0.623. The summed E-state index contributed by atoms with van der Waals surface area (Å²) in [6.45, 7) is -6.38. The van der Waals surface area contributed by atoms with Gasteiger partial charge in [-0.2, -0.15) is 0 Å². The molecule has 2 aliphatic heterocycles. The third kappa shape index (κ3) is 3.17. The van der Waals surface area contributed by atoms with Crippen molar-refractivity contribution in [2.24, 2.45) is 5.92 Å². The quantitative estimate of drug-likeness (QED) is 0.930. The largest absolute Gasteiger partial charge is 0.493 e. The van der Waals surface area contributed by atoms with Crippen molar-refractivity contribution in [1.82, 2.24) is 5.32 Å². The Morgan fingerprint density at radius 3 is 2.88 bits per heavy atom. The Morgan fingerprint density at radius 2 is 2.00 bits per heavy atom. The lowest BCUT2D eigenvalue weighted by Crippen LogP contribution is -2.38. The molecule has 0 radical (unpaired) electrons. The maximum Gasteiger partial charge on any atom is 0.231 e. The minimum absolute atomic E-state index is 0.00643. The number of benzene rings is 2. The Morgan fingerprint density at radius 1 is 1.17 bits per heavy atom. The number of piperidine rings is 1. The van der Waals surface area contributed by atoms with E-state index in [1.54, 1.807) is 6.07 Å². The second kappa shape index (κ2) is 6.69. The van der Waals surface area contributed by atoms with E-state index in [0.717, 1.165) is 0 Å². The molecule has 4 rings (SSSR count). The lowest BCUT2D eigenvalue weighted by molar-refractivity contribution is 0.173. The maximum atomic E-state index is 13.4. The molecule has 2 atom stereocenters. The first kappa shape index (κ1) is 9.89. The third-order valence-electron chi connectivity index (χ3n) is 4.10. The number of halogens is 1. The van der Waals surface area contributed by atoms with Crippen molar-refractivity contribution < 1.29 is 26.8 Å². The summed E-state index contributed by atoms with van der Waals surface area (Å²) in [6, 6.07) is 10.1. The molecule has 0 amide bonds. The molecule has 0 aliphatic carbocycles. The lowest BCUT2D eigenvalue weighted by atomic mass is 9.81. The molecule has 5 heteroatoms. The molecule has 126 valence electrons. The molecule has 2 aliphatic rings. The van der Waals surface area contributed by atoms with Crippen LogP contribution in [0.25, 0.3) is 0 Å². The number of nitrogens with one attached hydrogen (secondary N) is 1. The molecule has 0 bridgehead atoms. The summed E-state index contributed by atoms with van der Waals surface area (Å²) in [5.74, 6) is -1.01. The normalized spacial score (nSPS) is 32.4. The van der Waals surface area contributed by atoms with Gasteiger partial charge in [-0.25, -0.2) is 4.39 Å². The van der Waals surface area contributed by atoms with Gasteiger partial charge in [0.2, 0.25) is 6.75 Å². The molecule has 0 saturated carbocycles. The Balaban J connectivity index is 1.57. The van der Waals surface area contributed by atoms with E-state index >= 15 is 0 Å². The van der Waals surface area contributed by atoms with Gasteiger partial charge in [-0.15, -0.1) is 0 Å². The molecular weight excluding hydrogens is 309 g/mol. The molecular formula is C19H20FNO3. The van der Waals surface area contributed by atoms with Crippen LogP contribution in [-0.2, 0) is 0 Å². The molecule has 1 saturated heterocycles. The minimum atomic E-state index is -2.26. The fourth-order valence-electron chi connectivity index (χ4n) is 2.80. The van der Waals surface area contributed by atoms with Crippen molar-refractivity contribution in [1.29, 1.82) is 0 Å². The van der Waals surface area contributed by atoms with E-state index in [9.17, 15) is 4.39 Å². The lowest BCUT2D eigenvalue weighted by Gasteiger charge is -2.32. The van der Waals surface area contributed by atoms with Gasteiger partial charge in [0.05, 0.1) is 6.61 Å². The standard InChI is InChI=1S/C19H20FNO3/c20-15-3-1-13(2-4-15)17-7-8-21-10-14(17)11-22-16-5-6-18-19(9-16)24-12-23-18/h1-6,9,14,17,21H,7-8,10-12H2/t14?,17-/m0/s1/i8D2,10D2,12D2. The monoisotopic (exact) mass is 335 g/mol. The summed E-state index contributed by atoms with van der Waals surface area (Å²) in [7, 11) is 0. The highest BCUT2D eigenvalue weighted by Gasteiger charge is 2.27. The summed E-state index contributed by atoms with van der Waals surface area (Å²) < 4.78 is 77.0. The van der Waals surface area contributed by atoms with Gasteiger partial charge in [-0.05, 0) is 48.7 Å². The summed E-state index contributed by atoms with van der Waals surface area (Å²) in [6.07, 6.45) is -0.00643. The average Bonchev–Trinajstić information content (AvgIpc) is 2.92. The Kier molecular flexibility index (Phi) is 2.76. The van der Waals surface area contributed by atoms with Gasteiger partial charge in [0.15, 0.2) is 11.5 Å². The molecule has 4 nitrogen and oxygen atoms in total. The van der Waals surface area contributed by atoms with E-state index in [4.69, 9.17) is 22.4 Å². The van der Waals surface area contributed by atoms with Gasteiger partial charge >= 0.3 is 0 Å². The number of hydrogen-bond acceptors (Lipinski definition) is 4. The van der Waals surface area contributed by atoms with Crippen LogP contribution in [0.1, 0.15) is 26.1 Å². The van der Waals surface area contributed by atoms with Crippen LogP contribution in [0.5, 0.6) is 17.2 Å². The highest BCUT2D eigenvalue weighted by atomic mass is 19.1. The highest BCUT2D eigenvalue weighted by molar-refractivity contribution is 5.46. The van der Waals surface area contributed by atoms with Crippen LogP contribution in [0.15, 0.2) is 42.5 Å². The predicted molar refractivity (Wildman–Crippen MR) is 88.2 cm³/mol. The van der Waals surface area contributed by atoms with Gasteiger partial charge in [-0.3, -0.25) is 0 Å². The second-order valence-electron chi connectivity index (χ2n) is 5.62. The van der Waals surface area contributed by atoms with E-state index in [0.29, 0.717) is 11.3 Å². The van der Waals surface area contributed by atoms with Gasteiger partial charge in [0.25, 0.3) is 0 Å². The SMILES string of the molecule is [2H]C1([2H])C[C@@H](c2ccc(F)cc2)C(COc2ccc3c(c2)OC([2H])([2H])O3)C([2H])([2H])N1. The van der Waals surface area contributed by atoms with Crippen molar-refractivity contribution in [3.63, 3.8) is 0 Å². The zero-order valence-corrected chi connectivity index (χ0v) is 12.7. The van der Waals surface area contributed by atoms with E-state index in [1.165, 1.54) is 36.4 Å². The Bertz CT molecular complexity index is 940. The first-order chi connectivity index (χ1) is 13.9. The summed E-state index contributed by atoms with van der Waals surface area (Å²) >= 11 is 0. The Hall–Kier alpha value is -2.27. The van der Waals surface area contributed by atoms with Crippen LogP contribution in [-0.4, -0.2) is 26.3 Å². The van der Waals surface area contributed by atoms with E-state index in [1.807, 2.05) is 0 Å². The van der Waals surface area contributed by atoms with Crippen LogP contribution < -0.4 is 19.5 Å². The number of hydrogen-bond donors (Lipinski definition) is 1. The summed E-state index contributed by atoms with van der Waals surface area (Å²) in [4.78, 5) is 0. The van der Waals surface area contributed by atoms with E-state index in [2.05, 4.69) is 5.32 Å². The summed E-state index contributed by atoms with van der Waals surface area (Å²) in [5, 5.41) is 2.40. The first-order valence-electron chi connectivity index (χ1n) is 10.6. The highest BCUT2D eigenvalue weighted by Crippen LogP contribution is 2.36. The molecule has 1 fully saturated rings. The van der Waals surface area contributed by atoms with Crippen molar-refractivity contribution >= 4 is 0 Å². The van der Waals surface area contributed by atoms with E-state index in [-0.39, 0.29) is 24.5 Å². The van der Waals surface area contributed by atoms with Gasteiger partial charge in [-0.1, -0.05) is 12.1 Å². The van der Waals surface area contributed by atoms with Crippen LogP contribution in [0, 0.1) is 11.7 Å². The molecule has 24 heavy (non-hydrogen) atoms. The van der Waals surface area contributed by atoms with Crippen LogP contribution in [0.4, 0.5) is 4.39 Å². The number of ether oxygens (including phenoxy) is 3. The molecule has 1 N–H and O–H groups in total. The molecule has 0 spiro atoms. The zero-order valence-electron chi connectivity index (χ0n) is 18.7. The Labute approximate surface area is 149 Å².